The van der Waals surface area contributed by atoms with Gasteiger partial charge < -0.3 is 5.32 Å². The molecule has 0 spiro atoms. The highest BCUT2D eigenvalue weighted by Gasteiger charge is 2.03. The standard InChI is InChI=1S/C9H12FNO.H2/c1-4-6-8(7(3)10)11-9(12)5-2;/h4,6H,1,3,5H2,2H3,(H,11,12);1H/b8-6+;. The van der Waals surface area contributed by atoms with Crippen LogP contribution in [0.2, 0.25) is 0 Å². The van der Waals surface area contributed by atoms with E-state index >= 15 is 0 Å². The normalized spacial score (nSPS) is 10.7. The smallest absolute Gasteiger partial charge is 0.224 e. The summed E-state index contributed by atoms with van der Waals surface area (Å²) < 4.78 is 12.5. The number of allylic oxidation sites excluding steroid dienone is 3. The van der Waals surface area contributed by atoms with Gasteiger partial charge in [0.1, 0.15) is 5.83 Å². The molecule has 12 heavy (non-hydrogen) atoms. The zero-order valence-electron chi connectivity index (χ0n) is 7.06. The molecule has 0 unspecified atom stereocenters. The van der Waals surface area contributed by atoms with E-state index in [0.29, 0.717) is 6.42 Å². The zero-order chi connectivity index (χ0) is 9.56. The summed E-state index contributed by atoms with van der Waals surface area (Å²) in [5, 5.41) is 2.34. The first-order valence-corrected chi connectivity index (χ1v) is 3.59. The Labute approximate surface area is 73.0 Å². The van der Waals surface area contributed by atoms with E-state index in [0.717, 1.165) is 0 Å². The number of carbonyl (C=O) groups excluding carboxylic acids is 1. The van der Waals surface area contributed by atoms with Crippen molar-refractivity contribution in [1.82, 2.24) is 5.32 Å². The Morgan fingerprint density at radius 3 is 2.67 bits per heavy atom. The lowest BCUT2D eigenvalue weighted by Gasteiger charge is -2.04. The molecule has 2 nitrogen and oxygen atoms in total. The van der Waals surface area contributed by atoms with Crippen LogP contribution in [0.25, 0.3) is 0 Å². The third-order valence-electron chi connectivity index (χ3n) is 1.17. The number of halogens is 1. The van der Waals surface area contributed by atoms with Crippen LogP contribution in [-0.2, 0) is 4.79 Å². The van der Waals surface area contributed by atoms with Crippen molar-refractivity contribution >= 4 is 5.91 Å². The Kier molecular flexibility index (Phi) is 4.69. The molecule has 0 radical (unpaired) electrons. The molecule has 68 valence electrons. The second-order valence-electron chi connectivity index (χ2n) is 2.12. The van der Waals surface area contributed by atoms with Crippen LogP contribution in [0.15, 0.2) is 36.8 Å². The highest BCUT2D eigenvalue weighted by Crippen LogP contribution is 2.05. The van der Waals surface area contributed by atoms with Crippen molar-refractivity contribution in [2.75, 3.05) is 0 Å². The fourth-order valence-electron chi connectivity index (χ4n) is 0.556. The van der Waals surface area contributed by atoms with Gasteiger partial charge in [-0.25, -0.2) is 4.39 Å². The summed E-state index contributed by atoms with van der Waals surface area (Å²) in [4.78, 5) is 10.8. The molecular weight excluding hydrogens is 157 g/mol. The lowest BCUT2D eigenvalue weighted by Crippen LogP contribution is -2.21. The number of nitrogens with one attached hydrogen (secondary N) is 1. The Morgan fingerprint density at radius 2 is 2.33 bits per heavy atom. The molecule has 0 rings (SSSR count). The van der Waals surface area contributed by atoms with Gasteiger partial charge in [-0.3, -0.25) is 4.79 Å². The average molecular weight is 171 g/mol. The van der Waals surface area contributed by atoms with Crippen LogP contribution in [0.1, 0.15) is 14.8 Å². The van der Waals surface area contributed by atoms with Gasteiger partial charge in [0.05, 0.1) is 5.70 Å². The van der Waals surface area contributed by atoms with Gasteiger partial charge >= 0.3 is 0 Å². The van der Waals surface area contributed by atoms with Gasteiger partial charge in [0.15, 0.2) is 0 Å². The Balaban J connectivity index is 0. The summed E-state index contributed by atoms with van der Waals surface area (Å²) in [5.41, 5.74) is 0.0665. The maximum atomic E-state index is 12.5. The summed E-state index contributed by atoms with van der Waals surface area (Å²) >= 11 is 0. The average Bonchev–Trinajstić information content (AvgIpc) is 2.03. The highest BCUT2D eigenvalue weighted by molar-refractivity contribution is 5.78. The lowest BCUT2D eigenvalue weighted by atomic mass is 10.3. The van der Waals surface area contributed by atoms with E-state index in [4.69, 9.17) is 0 Å². The quantitative estimate of drug-likeness (QED) is 0.646. The minimum absolute atomic E-state index is 0. The molecule has 0 aliphatic rings. The van der Waals surface area contributed by atoms with E-state index < -0.39 is 5.83 Å². The van der Waals surface area contributed by atoms with Gasteiger partial charge in [0, 0.05) is 7.85 Å². The van der Waals surface area contributed by atoms with Gasteiger partial charge in [-0.15, -0.1) is 0 Å². The summed E-state index contributed by atoms with van der Waals surface area (Å²) in [7, 11) is 0. The van der Waals surface area contributed by atoms with E-state index in [2.05, 4.69) is 18.5 Å². The number of hydrogen-bond acceptors (Lipinski definition) is 1. The fraction of sp³-hybridized carbons (Fsp3) is 0.222. The van der Waals surface area contributed by atoms with Gasteiger partial charge in [-0.05, 0) is 6.08 Å². The van der Waals surface area contributed by atoms with Crippen molar-refractivity contribution in [1.29, 1.82) is 0 Å². The largest absolute Gasteiger partial charge is 0.324 e. The first-order chi connectivity index (χ1) is 5.61. The fourth-order valence-corrected chi connectivity index (χ4v) is 0.556. The van der Waals surface area contributed by atoms with Crippen molar-refractivity contribution in [3.05, 3.63) is 36.8 Å². The van der Waals surface area contributed by atoms with E-state index in [1.807, 2.05) is 0 Å². The molecule has 0 saturated carbocycles. The number of hydrogen-bond donors (Lipinski definition) is 1. The third-order valence-corrected chi connectivity index (χ3v) is 1.17. The molecule has 0 aliphatic heterocycles. The van der Waals surface area contributed by atoms with Crippen LogP contribution in [0, 0.1) is 0 Å². The first kappa shape index (κ1) is 10.6. The minimum Gasteiger partial charge on any atom is -0.324 e. The Morgan fingerprint density at radius 1 is 1.75 bits per heavy atom. The summed E-state index contributed by atoms with van der Waals surface area (Å²) in [6.45, 7) is 8.13. The molecule has 0 atom stereocenters. The summed E-state index contributed by atoms with van der Waals surface area (Å²) in [6, 6.07) is 0. The van der Waals surface area contributed by atoms with Gasteiger partial charge in [0.25, 0.3) is 0 Å². The van der Waals surface area contributed by atoms with Crippen LogP contribution in [0.3, 0.4) is 0 Å². The molecule has 0 bridgehead atoms. The number of carbonyl (C=O) groups is 1. The molecule has 0 aromatic rings. The third kappa shape index (κ3) is 3.71. The Bertz CT molecular complexity index is 236. The van der Waals surface area contributed by atoms with E-state index in [-0.39, 0.29) is 13.0 Å². The molecule has 3 heteroatoms. The first-order valence-electron chi connectivity index (χ1n) is 3.59. The Hall–Kier alpha value is -1.38. The molecule has 0 aromatic heterocycles. The second-order valence-corrected chi connectivity index (χ2v) is 2.12. The minimum atomic E-state index is -0.670. The summed E-state index contributed by atoms with van der Waals surface area (Å²) in [5.74, 6) is -0.918. The molecule has 0 heterocycles. The maximum Gasteiger partial charge on any atom is 0.224 e. The number of rotatable bonds is 4. The molecule has 0 saturated heterocycles. The van der Waals surface area contributed by atoms with Gasteiger partial charge in [0.2, 0.25) is 5.91 Å². The molecular formula is C9H14FNO. The molecule has 0 aliphatic carbocycles. The highest BCUT2D eigenvalue weighted by atomic mass is 19.1. The summed E-state index contributed by atoms with van der Waals surface area (Å²) in [6.07, 6.45) is 3.05. The van der Waals surface area contributed by atoms with Crippen LogP contribution in [0.4, 0.5) is 4.39 Å². The maximum absolute atomic E-state index is 12.5. The van der Waals surface area contributed by atoms with Crippen molar-refractivity contribution in [2.45, 2.75) is 13.3 Å². The zero-order valence-corrected chi connectivity index (χ0v) is 7.06. The lowest BCUT2D eigenvalue weighted by molar-refractivity contribution is -0.120. The van der Waals surface area contributed by atoms with Crippen LogP contribution < -0.4 is 5.32 Å². The van der Waals surface area contributed by atoms with Crippen molar-refractivity contribution in [3.8, 4) is 0 Å². The monoisotopic (exact) mass is 171 g/mol. The van der Waals surface area contributed by atoms with Crippen LogP contribution >= 0.6 is 0 Å². The molecule has 1 N–H and O–H groups in total. The van der Waals surface area contributed by atoms with Crippen molar-refractivity contribution in [2.24, 2.45) is 0 Å². The van der Waals surface area contributed by atoms with E-state index in [9.17, 15) is 9.18 Å². The topological polar surface area (TPSA) is 29.1 Å². The predicted octanol–water partition coefficient (Wildman–Crippen LogP) is 2.31. The molecule has 0 aromatic carbocycles. The predicted molar refractivity (Wildman–Crippen MR) is 49.1 cm³/mol. The second kappa shape index (κ2) is 5.29. The van der Waals surface area contributed by atoms with Crippen LogP contribution in [-0.4, -0.2) is 5.91 Å². The van der Waals surface area contributed by atoms with Crippen molar-refractivity contribution in [3.63, 3.8) is 0 Å². The van der Waals surface area contributed by atoms with Gasteiger partial charge in [-0.2, -0.15) is 0 Å². The van der Waals surface area contributed by atoms with Gasteiger partial charge in [-0.1, -0.05) is 26.2 Å². The molecule has 0 fully saturated rings. The van der Waals surface area contributed by atoms with Crippen molar-refractivity contribution < 1.29 is 10.6 Å². The SMILES string of the molecule is C=C/C=C(/NC(=O)CC)C(=C)F.[HH]. The van der Waals surface area contributed by atoms with E-state index in [1.165, 1.54) is 12.2 Å². The molecule has 1 amide bonds. The van der Waals surface area contributed by atoms with Crippen LogP contribution in [0.5, 0.6) is 0 Å². The number of amides is 1. The van der Waals surface area contributed by atoms with E-state index in [1.54, 1.807) is 6.92 Å².